The van der Waals surface area contributed by atoms with Gasteiger partial charge in [-0.15, -0.1) is 0 Å². The zero-order chi connectivity index (χ0) is 16.9. The molecule has 0 aromatic heterocycles. The highest BCUT2D eigenvalue weighted by Gasteiger charge is 2.17. The molecule has 120 valence electrons. The molecule has 0 radical (unpaired) electrons. The molecule has 0 aliphatic rings. The van der Waals surface area contributed by atoms with E-state index in [1.165, 1.54) is 0 Å². The number of hydrogen-bond acceptors (Lipinski definition) is 4. The molecule has 0 atom stereocenters. The van der Waals surface area contributed by atoms with Crippen molar-refractivity contribution in [3.05, 3.63) is 35.4 Å². The Kier molecular flexibility index (Phi) is 5.56. The molecule has 0 unspecified atom stereocenters. The topological polar surface area (TPSA) is 84.5 Å². The molecule has 1 aromatic rings. The first-order valence-electron chi connectivity index (χ1n) is 6.32. The van der Waals surface area contributed by atoms with Crippen LogP contribution in [0, 0.1) is 11.6 Å². The van der Waals surface area contributed by atoms with E-state index in [0.29, 0.717) is 6.07 Å². The normalized spacial score (nSPS) is 10.8. The molecule has 2 N–H and O–H groups in total. The van der Waals surface area contributed by atoms with Gasteiger partial charge in [0.15, 0.2) is 6.61 Å². The molecule has 0 fully saturated rings. The van der Waals surface area contributed by atoms with Crippen molar-refractivity contribution in [2.45, 2.75) is 26.3 Å². The molecular formula is C14H16F2N2O4. The zero-order valence-electron chi connectivity index (χ0n) is 12.3. The van der Waals surface area contributed by atoms with Crippen molar-refractivity contribution in [1.29, 1.82) is 0 Å². The van der Waals surface area contributed by atoms with Crippen LogP contribution in [-0.4, -0.2) is 30.1 Å². The number of halogens is 2. The Morgan fingerprint density at radius 1 is 1.09 bits per heavy atom. The van der Waals surface area contributed by atoms with E-state index in [2.05, 4.69) is 10.1 Å². The minimum absolute atomic E-state index is 0.371. The van der Waals surface area contributed by atoms with Crippen LogP contribution in [0.25, 0.3) is 0 Å². The standard InChI is InChI=1S/C14H16F2N2O4/c1-14(2,3)18-13(21)17-11(19)7-22-12(20)8-4-9(15)6-10(16)5-8/h4-6H,7H2,1-3H3,(H2,17,18,19,21). The zero-order valence-corrected chi connectivity index (χ0v) is 12.3. The van der Waals surface area contributed by atoms with Crippen molar-refractivity contribution in [3.8, 4) is 0 Å². The number of esters is 1. The summed E-state index contributed by atoms with van der Waals surface area (Å²) >= 11 is 0. The van der Waals surface area contributed by atoms with E-state index in [1.807, 2.05) is 5.32 Å². The largest absolute Gasteiger partial charge is 0.452 e. The summed E-state index contributed by atoms with van der Waals surface area (Å²) in [6.07, 6.45) is 0. The molecular weight excluding hydrogens is 298 g/mol. The van der Waals surface area contributed by atoms with Gasteiger partial charge in [-0.2, -0.15) is 0 Å². The maximum Gasteiger partial charge on any atom is 0.338 e. The lowest BCUT2D eigenvalue weighted by Gasteiger charge is -2.20. The molecule has 22 heavy (non-hydrogen) atoms. The van der Waals surface area contributed by atoms with Crippen molar-refractivity contribution in [1.82, 2.24) is 10.6 Å². The predicted octanol–water partition coefficient (Wildman–Crippen LogP) is 1.75. The van der Waals surface area contributed by atoms with Gasteiger partial charge in [-0.25, -0.2) is 18.4 Å². The molecule has 0 saturated heterocycles. The Morgan fingerprint density at radius 2 is 1.64 bits per heavy atom. The smallest absolute Gasteiger partial charge is 0.338 e. The molecule has 1 aromatic carbocycles. The second kappa shape index (κ2) is 6.97. The number of amides is 3. The Morgan fingerprint density at radius 3 is 2.14 bits per heavy atom. The van der Waals surface area contributed by atoms with Crippen molar-refractivity contribution >= 4 is 17.9 Å². The van der Waals surface area contributed by atoms with E-state index in [9.17, 15) is 23.2 Å². The highest BCUT2D eigenvalue weighted by atomic mass is 19.1. The summed E-state index contributed by atoms with van der Waals surface area (Å²) in [5, 5.41) is 4.43. The summed E-state index contributed by atoms with van der Waals surface area (Å²) < 4.78 is 30.4. The number of imide groups is 1. The summed E-state index contributed by atoms with van der Waals surface area (Å²) in [6, 6.07) is 1.40. The number of urea groups is 1. The van der Waals surface area contributed by atoms with Gasteiger partial charge in [0.1, 0.15) is 11.6 Å². The monoisotopic (exact) mass is 314 g/mol. The number of carbonyl (C=O) groups is 3. The lowest BCUT2D eigenvalue weighted by Crippen LogP contribution is -2.49. The molecule has 0 aliphatic heterocycles. The maximum absolute atomic E-state index is 12.9. The summed E-state index contributed by atoms with van der Waals surface area (Å²) in [5.41, 5.74) is -0.912. The summed E-state index contributed by atoms with van der Waals surface area (Å²) in [7, 11) is 0. The van der Waals surface area contributed by atoms with Crippen LogP contribution in [0.3, 0.4) is 0 Å². The van der Waals surface area contributed by atoms with Gasteiger partial charge in [0.05, 0.1) is 5.56 Å². The van der Waals surface area contributed by atoms with Gasteiger partial charge in [0.25, 0.3) is 5.91 Å². The second-order valence-electron chi connectivity index (χ2n) is 5.49. The quantitative estimate of drug-likeness (QED) is 0.832. The molecule has 0 saturated carbocycles. The van der Waals surface area contributed by atoms with Gasteiger partial charge in [0, 0.05) is 11.6 Å². The Bertz CT molecular complexity index is 577. The highest BCUT2D eigenvalue weighted by molar-refractivity contribution is 5.97. The summed E-state index contributed by atoms with van der Waals surface area (Å²) in [4.78, 5) is 34.3. The fourth-order valence-electron chi connectivity index (χ4n) is 1.42. The third-order valence-electron chi connectivity index (χ3n) is 2.17. The van der Waals surface area contributed by atoms with Gasteiger partial charge in [0.2, 0.25) is 0 Å². The molecule has 8 heteroatoms. The van der Waals surface area contributed by atoms with E-state index in [-0.39, 0.29) is 5.56 Å². The number of rotatable bonds is 3. The van der Waals surface area contributed by atoms with Crippen LogP contribution in [0.1, 0.15) is 31.1 Å². The molecule has 0 aliphatic carbocycles. The Hall–Kier alpha value is -2.51. The lowest BCUT2D eigenvalue weighted by atomic mass is 10.1. The minimum atomic E-state index is -1.08. The van der Waals surface area contributed by atoms with Crippen molar-refractivity contribution in [3.63, 3.8) is 0 Å². The van der Waals surface area contributed by atoms with Gasteiger partial charge in [-0.05, 0) is 32.9 Å². The van der Waals surface area contributed by atoms with E-state index in [0.717, 1.165) is 12.1 Å². The van der Waals surface area contributed by atoms with Crippen LogP contribution in [-0.2, 0) is 9.53 Å². The number of ether oxygens (including phenoxy) is 1. The first kappa shape index (κ1) is 17.5. The van der Waals surface area contributed by atoms with E-state index >= 15 is 0 Å². The first-order chi connectivity index (χ1) is 10.1. The first-order valence-corrected chi connectivity index (χ1v) is 6.32. The molecule has 0 spiro atoms. The molecule has 6 nitrogen and oxygen atoms in total. The molecule has 3 amide bonds. The third kappa shape index (κ3) is 6.29. The fraction of sp³-hybridized carbons (Fsp3) is 0.357. The van der Waals surface area contributed by atoms with Gasteiger partial charge >= 0.3 is 12.0 Å². The van der Waals surface area contributed by atoms with Gasteiger partial charge in [-0.3, -0.25) is 10.1 Å². The Labute approximate surface area is 125 Å². The predicted molar refractivity (Wildman–Crippen MR) is 73.1 cm³/mol. The van der Waals surface area contributed by atoms with E-state index in [4.69, 9.17) is 0 Å². The molecule has 1 rings (SSSR count). The van der Waals surface area contributed by atoms with Crippen LogP contribution in [0.5, 0.6) is 0 Å². The van der Waals surface area contributed by atoms with Crippen LogP contribution in [0.15, 0.2) is 18.2 Å². The number of hydrogen-bond donors (Lipinski definition) is 2. The molecule has 0 heterocycles. The van der Waals surface area contributed by atoms with Crippen molar-refractivity contribution in [2.24, 2.45) is 0 Å². The number of benzene rings is 1. The van der Waals surface area contributed by atoms with Crippen LogP contribution in [0.4, 0.5) is 13.6 Å². The van der Waals surface area contributed by atoms with Crippen molar-refractivity contribution in [2.75, 3.05) is 6.61 Å². The Balaban J connectivity index is 2.50. The number of carbonyl (C=O) groups excluding carboxylic acids is 3. The minimum Gasteiger partial charge on any atom is -0.452 e. The average Bonchev–Trinajstić information content (AvgIpc) is 2.32. The van der Waals surface area contributed by atoms with Gasteiger partial charge in [-0.1, -0.05) is 0 Å². The SMILES string of the molecule is CC(C)(C)NC(=O)NC(=O)COC(=O)c1cc(F)cc(F)c1. The maximum atomic E-state index is 12.9. The van der Waals surface area contributed by atoms with Crippen LogP contribution < -0.4 is 10.6 Å². The van der Waals surface area contributed by atoms with Gasteiger partial charge < -0.3 is 10.1 Å². The van der Waals surface area contributed by atoms with Crippen LogP contribution in [0.2, 0.25) is 0 Å². The van der Waals surface area contributed by atoms with Crippen molar-refractivity contribution < 1.29 is 27.9 Å². The third-order valence-corrected chi connectivity index (χ3v) is 2.17. The van der Waals surface area contributed by atoms with E-state index < -0.39 is 41.7 Å². The average molecular weight is 314 g/mol. The summed E-state index contributed by atoms with van der Waals surface area (Å²) in [5.74, 6) is -3.83. The fourth-order valence-corrected chi connectivity index (χ4v) is 1.42. The molecule has 0 bridgehead atoms. The number of nitrogens with one attached hydrogen (secondary N) is 2. The second-order valence-corrected chi connectivity index (χ2v) is 5.49. The highest BCUT2D eigenvalue weighted by Crippen LogP contribution is 2.09. The lowest BCUT2D eigenvalue weighted by molar-refractivity contribution is -0.123. The van der Waals surface area contributed by atoms with E-state index in [1.54, 1.807) is 20.8 Å². The van der Waals surface area contributed by atoms with Crippen LogP contribution >= 0.6 is 0 Å². The summed E-state index contributed by atoms with van der Waals surface area (Å²) in [6.45, 7) is 4.40.